The van der Waals surface area contributed by atoms with E-state index in [-0.39, 0.29) is 18.7 Å². The fourth-order valence-electron chi connectivity index (χ4n) is 2.01. The minimum absolute atomic E-state index is 0.159. The van der Waals surface area contributed by atoms with Crippen LogP contribution in [-0.4, -0.2) is 30.2 Å². The molecule has 0 aromatic heterocycles. The van der Waals surface area contributed by atoms with E-state index in [0.29, 0.717) is 16.9 Å². The topological polar surface area (TPSA) is 127 Å². The lowest BCUT2D eigenvalue weighted by molar-refractivity contribution is -0.122. The Morgan fingerprint density at radius 1 is 1.37 bits per heavy atom. The van der Waals surface area contributed by atoms with Crippen LogP contribution in [0.3, 0.4) is 0 Å². The molecule has 0 bridgehead atoms. The summed E-state index contributed by atoms with van der Waals surface area (Å²) in [6.45, 7) is 1.90. The summed E-state index contributed by atoms with van der Waals surface area (Å²) in [5, 5.41) is 12.4. The number of aliphatic hydroxyl groups is 1. The van der Waals surface area contributed by atoms with Gasteiger partial charge in [0.2, 0.25) is 5.91 Å². The first-order valence-corrected chi connectivity index (χ1v) is 6.14. The standard InChI is InChI=1S/C13H22N4O2/c1-7-3-10(14)9(11(15)4-7)5-8(18)6-12(16)13(19)17-2/h3-4,8,12,18H,5-6,14-16H2,1-2H3,(H,17,19). The van der Waals surface area contributed by atoms with Crippen LogP contribution in [0.1, 0.15) is 17.5 Å². The molecule has 0 fully saturated rings. The number of amides is 1. The molecule has 0 saturated carbocycles. The van der Waals surface area contributed by atoms with Crippen LogP contribution in [-0.2, 0) is 11.2 Å². The van der Waals surface area contributed by atoms with E-state index in [4.69, 9.17) is 17.2 Å². The molecule has 0 aliphatic rings. The molecule has 0 spiro atoms. The van der Waals surface area contributed by atoms with E-state index in [9.17, 15) is 9.90 Å². The van der Waals surface area contributed by atoms with Crippen LogP contribution in [0.25, 0.3) is 0 Å². The molecule has 1 rings (SSSR count). The molecule has 1 aromatic carbocycles. The van der Waals surface area contributed by atoms with Crippen LogP contribution in [0.15, 0.2) is 12.1 Å². The number of aryl methyl sites for hydroxylation is 1. The van der Waals surface area contributed by atoms with Gasteiger partial charge in [-0.1, -0.05) is 0 Å². The average molecular weight is 266 g/mol. The fourth-order valence-corrected chi connectivity index (χ4v) is 2.01. The van der Waals surface area contributed by atoms with Crippen molar-refractivity contribution >= 4 is 17.3 Å². The van der Waals surface area contributed by atoms with E-state index in [1.54, 1.807) is 12.1 Å². The van der Waals surface area contributed by atoms with Crippen molar-refractivity contribution in [3.8, 4) is 0 Å². The van der Waals surface area contributed by atoms with Gasteiger partial charge in [0.1, 0.15) is 0 Å². The largest absolute Gasteiger partial charge is 0.398 e. The molecule has 6 nitrogen and oxygen atoms in total. The summed E-state index contributed by atoms with van der Waals surface area (Å²) < 4.78 is 0. The summed E-state index contributed by atoms with van der Waals surface area (Å²) in [4.78, 5) is 11.3. The SMILES string of the molecule is CNC(=O)C(N)CC(O)Cc1c(N)cc(C)cc1N. The minimum atomic E-state index is -0.764. The number of hydrogen-bond donors (Lipinski definition) is 5. The van der Waals surface area contributed by atoms with Crippen LogP contribution in [0, 0.1) is 6.92 Å². The first kappa shape index (κ1) is 15.3. The highest BCUT2D eigenvalue weighted by atomic mass is 16.3. The molecule has 106 valence electrons. The van der Waals surface area contributed by atoms with Gasteiger partial charge in [0.15, 0.2) is 0 Å². The second kappa shape index (κ2) is 6.40. The number of hydrogen-bond acceptors (Lipinski definition) is 5. The van der Waals surface area contributed by atoms with Crippen molar-refractivity contribution in [3.05, 3.63) is 23.3 Å². The zero-order chi connectivity index (χ0) is 14.6. The first-order valence-electron chi connectivity index (χ1n) is 6.14. The number of nitrogens with two attached hydrogens (primary N) is 3. The summed E-state index contributed by atoms with van der Waals surface area (Å²) in [6.07, 6.45) is -0.325. The molecular weight excluding hydrogens is 244 g/mol. The Morgan fingerprint density at radius 2 is 1.89 bits per heavy atom. The van der Waals surface area contributed by atoms with Crippen molar-refractivity contribution in [2.75, 3.05) is 18.5 Å². The van der Waals surface area contributed by atoms with Gasteiger partial charge in [0.25, 0.3) is 0 Å². The zero-order valence-corrected chi connectivity index (χ0v) is 11.3. The van der Waals surface area contributed by atoms with Crippen molar-refractivity contribution < 1.29 is 9.90 Å². The molecular formula is C13H22N4O2. The highest BCUT2D eigenvalue weighted by molar-refractivity contribution is 5.81. The third kappa shape index (κ3) is 4.11. The highest BCUT2D eigenvalue weighted by Gasteiger charge is 2.18. The lowest BCUT2D eigenvalue weighted by Crippen LogP contribution is -2.41. The Kier molecular flexibility index (Phi) is 5.14. The quantitative estimate of drug-likeness (QED) is 0.460. The van der Waals surface area contributed by atoms with Gasteiger partial charge in [-0.25, -0.2) is 0 Å². The predicted molar refractivity (Wildman–Crippen MR) is 76.4 cm³/mol. The normalized spacial score (nSPS) is 13.9. The van der Waals surface area contributed by atoms with Crippen molar-refractivity contribution in [1.82, 2.24) is 5.32 Å². The number of rotatable bonds is 5. The van der Waals surface area contributed by atoms with Crippen molar-refractivity contribution in [1.29, 1.82) is 0 Å². The number of aliphatic hydroxyl groups excluding tert-OH is 1. The Balaban J connectivity index is 2.72. The third-order valence-corrected chi connectivity index (χ3v) is 3.01. The van der Waals surface area contributed by atoms with Gasteiger partial charge < -0.3 is 27.6 Å². The number of nitrogens with one attached hydrogen (secondary N) is 1. The fraction of sp³-hybridized carbons (Fsp3) is 0.462. The molecule has 2 atom stereocenters. The van der Waals surface area contributed by atoms with E-state index < -0.39 is 12.1 Å². The van der Waals surface area contributed by atoms with E-state index in [0.717, 1.165) is 5.56 Å². The Bertz CT molecular complexity index is 439. The van der Waals surface area contributed by atoms with Gasteiger partial charge in [-0.15, -0.1) is 0 Å². The first-order chi connectivity index (χ1) is 8.85. The summed E-state index contributed by atoms with van der Waals surface area (Å²) >= 11 is 0. The van der Waals surface area contributed by atoms with E-state index >= 15 is 0 Å². The van der Waals surface area contributed by atoms with Gasteiger partial charge in [0.05, 0.1) is 12.1 Å². The number of carbonyl (C=O) groups excluding carboxylic acids is 1. The molecule has 0 aliphatic carbocycles. The van der Waals surface area contributed by atoms with E-state index in [2.05, 4.69) is 5.32 Å². The van der Waals surface area contributed by atoms with E-state index in [1.807, 2.05) is 6.92 Å². The van der Waals surface area contributed by atoms with Gasteiger partial charge in [-0.3, -0.25) is 4.79 Å². The lowest BCUT2D eigenvalue weighted by atomic mass is 9.98. The maximum absolute atomic E-state index is 11.3. The molecule has 0 heterocycles. The van der Waals surface area contributed by atoms with Gasteiger partial charge in [-0.05, 0) is 31.0 Å². The van der Waals surface area contributed by atoms with Crippen LogP contribution in [0.4, 0.5) is 11.4 Å². The summed E-state index contributed by atoms with van der Waals surface area (Å²) in [5.41, 5.74) is 20.2. The second-order valence-corrected chi connectivity index (χ2v) is 4.74. The predicted octanol–water partition coefficient (Wildman–Crippen LogP) is -0.474. The Morgan fingerprint density at radius 3 is 2.37 bits per heavy atom. The van der Waals surface area contributed by atoms with Crippen LogP contribution in [0.2, 0.25) is 0 Å². The Hall–Kier alpha value is -1.79. The van der Waals surface area contributed by atoms with Gasteiger partial charge in [0, 0.05) is 30.4 Å². The molecule has 6 heteroatoms. The molecule has 1 aromatic rings. The summed E-state index contributed by atoms with van der Waals surface area (Å²) in [5.74, 6) is -0.302. The summed E-state index contributed by atoms with van der Waals surface area (Å²) in [7, 11) is 1.50. The van der Waals surface area contributed by atoms with Crippen LogP contribution >= 0.6 is 0 Å². The molecule has 0 saturated heterocycles. The van der Waals surface area contributed by atoms with E-state index in [1.165, 1.54) is 7.05 Å². The average Bonchev–Trinajstić information content (AvgIpc) is 2.32. The molecule has 19 heavy (non-hydrogen) atoms. The molecule has 0 aliphatic heterocycles. The van der Waals surface area contributed by atoms with Crippen LogP contribution in [0.5, 0.6) is 0 Å². The summed E-state index contributed by atoms with van der Waals surface area (Å²) in [6, 6.07) is 2.86. The molecule has 2 unspecified atom stereocenters. The number of likely N-dealkylation sites (N-methyl/N-ethyl adjacent to an activating group) is 1. The number of nitrogen functional groups attached to an aromatic ring is 2. The van der Waals surface area contributed by atoms with Gasteiger partial charge in [-0.2, -0.15) is 0 Å². The number of carbonyl (C=O) groups is 1. The van der Waals surface area contributed by atoms with Gasteiger partial charge >= 0.3 is 0 Å². The zero-order valence-electron chi connectivity index (χ0n) is 11.3. The lowest BCUT2D eigenvalue weighted by Gasteiger charge is -2.17. The Labute approximate surface area is 113 Å². The number of benzene rings is 1. The number of anilines is 2. The molecule has 1 amide bonds. The molecule has 8 N–H and O–H groups in total. The minimum Gasteiger partial charge on any atom is -0.398 e. The second-order valence-electron chi connectivity index (χ2n) is 4.74. The highest BCUT2D eigenvalue weighted by Crippen LogP contribution is 2.24. The van der Waals surface area contributed by atoms with Crippen molar-refractivity contribution in [2.45, 2.75) is 31.9 Å². The third-order valence-electron chi connectivity index (χ3n) is 3.01. The monoisotopic (exact) mass is 266 g/mol. The maximum Gasteiger partial charge on any atom is 0.236 e. The molecule has 0 radical (unpaired) electrons. The van der Waals surface area contributed by atoms with Crippen molar-refractivity contribution in [3.63, 3.8) is 0 Å². The van der Waals surface area contributed by atoms with Crippen LogP contribution < -0.4 is 22.5 Å². The maximum atomic E-state index is 11.3. The van der Waals surface area contributed by atoms with Crippen molar-refractivity contribution in [2.24, 2.45) is 5.73 Å². The smallest absolute Gasteiger partial charge is 0.236 e.